The summed E-state index contributed by atoms with van der Waals surface area (Å²) < 4.78 is 0. The molecule has 3 heteroatoms. The van der Waals surface area contributed by atoms with Gasteiger partial charge < -0.3 is 9.80 Å². The monoisotopic (exact) mass is 186 g/mol. The molecule has 1 fully saturated rings. The predicted molar refractivity (Wildman–Crippen MR) is 56.6 cm³/mol. The van der Waals surface area contributed by atoms with Crippen LogP contribution in [0.3, 0.4) is 0 Å². The number of rotatable bonds is 3. The predicted octanol–water partition coefficient (Wildman–Crippen LogP) is 1.11. The van der Waals surface area contributed by atoms with E-state index in [1.807, 2.05) is 11.8 Å². The van der Waals surface area contributed by atoms with Gasteiger partial charge in [0.25, 0.3) is 0 Å². The van der Waals surface area contributed by atoms with E-state index < -0.39 is 0 Å². The molecule has 0 aromatic heterocycles. The first kappa shape index (κ1) is 9.93. The summed E-state index contributed by atoms with van der Waals surface area (Å²) in [6.45, 7) is 4.76. The number of nitrogens with zero attached hydrogens (tertiary/aromatic N) is 2. The molecule has 0 bridgehead atoms. The van der Waals surface area contributed by atoms with Crippen molar-refractivity contribution in [2.75, 3.05) is 45.2 Å². The lowest BCUT2D eigenvalue weighted by atomic mass is 10.3. The summed E-state index contributed by atoms with van der Waals surface area (Å²) in [5, 5.41) is 0. The van der Waals surface area contributed by atoms with Crippen LogP contribution in [0.2, 0.25) is 0 Å². The van der Waals surface area contributed by atoms with Crippen molar-refractivity contribution in [3.8, 4) is 0 Å². The van der Waals surface area contributed by atoms with E-state index in [2.05, 4.69) is 35.4 Å². The van der Waals surface area contributed by atoms with Crippen molar-refractivity contribution in [2.24, 2.45) is 0 Å². The van der Waals surface area contributed by atoms with E-state index in [-0.39, 0.29) is 0 Å². The van der Waals surface area contributed by atoms with E-state index in [1.54, 1.807) is 0 Å². The van der Waals surface area contributed by atoms with Gasteiger partial charge in [0.1, 0.15) is 0 Å². The van der Waals surface area contributed by atoms with Crippen LogP contribution in [-0.4, -0.2) is 55.0 Å². The highest BCUT2D eigenvalue weighted by molar-refractivity contribution is 7.98. The van der Waals surface area contributed by atoms with Gasteiger partial charge in [-0.15, -0.1) is 0 Å². The van der Waals surface area contributed by atoms with Crippen molar-refractivity contribution in [1.29, 1.82) is 0 Å². The lowest BCUT2D eigenvalue weighted by molar-refractivity contribution is 0.198. The molecular formula is C9H18N2S. The molecule has 0 aromatic rings. The Hall–Kier alpha value is -0.150. The molecular weight excluding hydrogens is 168 g/mol. The average Bonchev–Trinajstić information content (AvgIpc) is 2.09. The molecule has 1 aliphatic rings. The maximum atomic E-state index is 2.40. The molecule has 1 heterocycles. The fourth-order valence-electron chi connectivity index (χ4n) is 1.26. The Bertz CT molecular complexity index is 139. The highest BCUT2D eigenvalue weighted by Crippen LogP contribution is 2.00. The number of piperazine rings is 1. The molecule has 0 aliphatic carbocycles. The number of thioether (sulfide) groups is 1. The normalized spacial score (nSPS) is 20.7. The third-order valence-corrected chi connectivity index (χ3v) is 2.64. The average molecular weight is 186 g/mol. The van der Waals surface area contributed by atoms with Crippen molar-refractivity contribution >= 4 is 11.8 Å². The highest BCUT2D eigenvalue weighted by Gasteiger charge is 2.09. The number of hydrogen-bond acceptors (Lipinski definition) is 3. The van der Waals surface area contributed by atoms with Gasteiger partial charge in [-0.25, -0.2) is 0 Å². The Labute approximate surface area is 79.6 Å². The van der Waals surface area contributed by atoms with Gasteiger partial charge in [0.05, 0.1) is 0 Å². The zero-order chi connectivity index (χ0) is 8.81. The van der Waals surface area contributed by atoms with Crippen molar-refractivity contribution in [2.45, 2.75) is 0 Å². The summed E-state index contributed by atoms with van der Waals surface area (Å²) >= 11 is 1.87. The van der Waals surface area contributed by atoms with Crippen LogP contribution in [0.15, 0.2) is 12.3 Å². The zero-order valence-corrected chi connectivity index (χ0v) is 8.81. The van der Waals surface area contributed by atoms with Crippen LogP contribution < -0.4 is 0 Å². The fraction of sp³-hybridized carbons (Fsp3) is 0.778. The van der Waals surface area contributed by atoms with Crippen molar-refractivity contribution in [3.05, 3.63) is 12.3 Å². The summed E-state index contributed by atoms with van der Waals surface area (Å²) in [6.07, 6.45) is 6.62. The largest absolute Gasteiger partial charge is 0.375 e. The first-order chi connectivity index (χ1) is 5.83. The summed E-state index contributed by atoms with van der Waals surface area (Å²) in [5.41, 5.74) is 0. The molecule has 1 rings (SSSR count). The van der Waals surface area contributed by atoms with E-state index >= 15 is 0 Å². The lowest BCUT2D eigenvalue weighted by Gasteiger charge is -2.31. The summed E-state index contributed by atoms with van der Waals surface area (Å²) in [5.74, 6) is 1.13. The topological polar surface area (TPSA) is 6.48 Å². The molecule has 70 valence electrons. The van der Waals surface area contributed by atoms with E-state index in [9.17, 15) is 0 Å². The van der Waals surface area contributed by atoms with Crippen LogP contribution in [0, 0.1) is 0 Å². The Morgan fingerprint density at radius 2 is 1.92 bits per heavy atom. The van der Waals surface area contributed by atoms with Gasteiger partial charge in [-0.1, -0.05) is 6.08 Å². The summed E-state index contributed by atoms with van der Waals surface area (Å²) in [7, 11) is 2.18. The second-order valence-corrected chi connectivity index (χ2v) is 4.09. The minimum atomic E-state index is 1.13. The quantitative estimate of drug-likeness (QED) is 0.652. The molecule has 0 saturated carbocycles. The Kier molecular flexibility index (Phi) is 4.54. The Morgan fingerprint density at radius 3 is 2.50 bits per heavy atom. The van der Waals surface area contributed by atoms with Crippen LogP contribution in [0.4, 0.5) is 0 Å². The van der Waals surface area contributed by atoms with Gasteiger partial charge in [-0.2, -0.15) is 11.8 Å². The van der Waals surface area contributed by atoms with Crippen LogP contribution in [0.1, 0.15) is 0 Å². The third kappa shape index (κ3) is 3.50. The first-order valence-corrected chi connectivity index (χ1v) is 5.80. The standard InChI is InChI=1S/C9H18N2S/c1-10-5-7-11(8-6-10)4-3-9-12-2/h3-4H,5-9H2,1-2H3/b4-3+. The maximum Gasteiger partial charge on any atom is 0.0300 e. The van der Waals surface area contributed by atoms with Gasteiger partial charge in [-0.05, 0) is 19.5 Å². The van der Waals surface area contributed by atoms with E-state index in [4.69, 9.17) is 0 Å². The molecule has 2 nitrogen and oxygen atoms in total. The molecule has 0 amide bonds. The van der Waals surface area contributed by atoms with Gasteiger partial charge in [-0.3, -0.25) is 0 Å². The van der Waals surface area contributed by atoms with Gasteiger partial charge in [0, 0.05) is 31.9 Å². The van der Waals surface area contributed by atoms with E-state index in [0.29, 0.717) is 0 Å². The molecule has 0 spiro atoms. The first-order valence-electron chi connectivity index (χ1n) is 4.41. The minimum Gasteiger partial charge on any atom is -0.375 e. The van der Waals surface area contributed by atoms with Crippen LogP contribution in [-0.2, 0) is 0 Å². The SMILES string of the molecule is CSC/C=C/N1CCN(C)CC1. The van der Waals surface area contributed by atoms with Crippen molar-refractivity contribution in [3.63, 3.8) is 0 Å². The van der Waals surface area contributed by atoms with E-state index in [1.165, 1.54) is 26.2 Å². The Morgan fingerprint density at radius 1 is 1.25 bits per heavy atom. The lowest BCUT2D eigenvalue weighted by Crippen LogP contribution is -2.41. The van der Waals surface area contributed by atoms with Crippen LogP contribution >= 0.6 is 11.8 Å². The Balaban J connectivity index is 2.17. The smallest absolute Gasteiger partial charge is 0.0300 e. The minimum absolute atomic E-state index is 1.13. The van der Waals surface area contributed by atoms with E-state index in [0.717, 1.165) is 5.75 Å². The molecule has 12 heavy (non-hydrogen) atoms. The molecule has 1 aliphatic heterocycles. The maximum absolute atomic E-state index is 2.40. The molecule has 0 N–H and O–H groups in total. The molecule has 0 radical (unpaired) electrons. The zero-order valence-electron chi connectivity index (χ0n) is 7.99. The van der Waals surface area contributed by atoms with Gasteiger partial charge in [0.2, 0.25) is 0 Å². The summed E-state index contributed by atoms with van der Waals surface area (Å²) in [4.78, 5) is 4.77. The number of hydrogen-bond donors (Lipinski definition) is 0. The number of likely N-dealkylation sites (N-methyl/N-ethyl adjacent to an activating group) is 1. The molecule has 0 aromatic carbocycles. The molecule has 0 unspecified atom stereocenters. The highest BCUT2D eigenvalue weighted by atomic mass is 32.2. The third-order valence-electron chi connectivity index (χ3n) is 2.12. The van der Waals surface area contributed by atoms with Crippen molar-refractivity contribution < 1.29 is 0 Å². The molecule has 1 saturated heterocycles. The fourth-order valence-corrected chi connectivity index (χ4v) is 1.54. The van der Waals surface area contributed by atoms with Crippen molar-refractivity contribution in [1.82, 2.24) is 9.80 Å². The van der Waals surface area contributed by atoms with Crippen LogP contribution in [0.5, 0.6) is 0 Å². The van der Waals surface area contributed by atoms with Gasteiger partial charge >= 0.3 is 0 Å². The summed E-state index contributed by atoms with van der Waals surface area (Å²) in [6, 6.07) is 0. The molecule has 0 atom stereocenters. The van der Waals surface area contributed by atoms with Gasteiger partial charge in [0.15, 0.2) is 0 Å². The second kappa shape index (κ2) is 5.49. The second-order valence-electron chi connectivity index (χ2n) is 3.18. The van der Waals surface area contributed by atoms with Crippen LogP contribution in [0.25, 0.3) is 0 Å².